The van der Waals surface area contributed by atoms with E-state index in [1.165, 1.54) is 50.1 Å². The summed E-state index contributed by atoms with van der Waals surface area (Å²) < 4.78 is 44.5. The lowest BCUT2D eigenvalue weighted by Crippen LogP contribution is -2.25. The second kappa shape index (κ2) is 8.53. The van der Waals surface area contributed by atoms with E-state index in [-0.39, 0.29) is 11.3 Å². The molecule has 0 bridgehead atoms. The maximum absolute atomic E-state index is 13.2. The first kappa shape index (κ1) is 20.9. The van der Waals surface area contributed by atoms with Gasteiger partial charge in [0.25, 0.3) is 11.8 Å². The Bertz CT molecular complexity index is 896. The van der Waals surface area contributed by atoms with Crippen LogP contribution in [0.15, 0.2) is 47.6 Å². The summed E-state index contributed by atoms with van der Waals surface area (Å²) in [5.41, 5.74) is 0.462. The van der Waals surface area contributed by atoms with Crippen LogP contribution in [0.4, 0.5) is 13.2 Å². The molecule has 10 heteroatoms. The van der Waals surface area contributed by atoms with E-state index >= 15 is 0 Å². The van der Waals surface area contributed by atoms with Gasteiger partial charge in [-0.15, -0.1) is 0 Å². The SMILES string of the molecule is COc1ccc(C(F)(F)F)c(C(=O)N(C)/N=C/c2ccc(C(=O)NO)cc2)c1. The summed E-state index contributed by atoms with van der Waals surface area (Å²) in [6, 6.07) is 8.66. The van der Waals surface area contributed by atoms with Crippen molar-refractivity contribution in [2.24, 2.45) is 5.10 Å². The molecule has 28 heavy (non-hydrogen) atoms. The summed E-state index contributed by atoms with van der Waals surface area (Å²) >= 11 is 0. The molecule has 2 aromatic carbocycles. The number of hydrogen-bond acceptors (Lipinski definition) is 5. The lowest BCUT2D eigenvalue weighted by atomic mass is 10.1. The summed E-state index contributed by atoms with van der Waals surface area (Å²) in [5.74, 6) is -1.57. The quantitative estimate of drug-likeness (QED) is 0.463. The van der Waals surface area contributed by atoms with Gasteiger partial charge in [-0.25, -0.2) is 10.5 Å². The average molecular weight is 395 g/mol. The topological polar surface area (TPSA) is 91.2 Å². The number of hydrogen-bond donors (Lipinski definition) is 2. The van der Waals surface area contributed by atoms with Gasteiger partial charge in [-0.05, 0) is 35.9 Å². The van der Waals surface area contributed by atoms with Crippen molar-refractivity contribution < 1.29 is 32.7 Å². The molecule has 0 unspecified atom stereocenters. The molecule has 0 saturated carbocycles. The number of amides is 2. The maximum Gasteiger partial charge on any atom is 0.417 e. The van der Waals surface area contributed by atoms with Crippen molar-refractivity contribution in [1.82, 2.24) is 10.5 Å². The van der Waals surface area contributed by atoms with E-state index in [0.717, 1.165) is 23.2 Å². The van der Waals surface area contributed by atoms with Crippen molar-refractivity contribution in [1.29, 1.82) is 0 Å². The van der Waals surface area contributed by atoms with Crippen LogP contribution in [0.5, 0.6) is 5.75 Å². The molecule has 0 atom stereocenters. The molecule has 0 aliphatic rings. The zero-order valence-electron chi connectivity index (χ0n) is 14.8. The molecule has 0 aliphatic carbocycles. The van der Waals surface area contributed by atoms with Gasteiger partial charge in [0.2, 0.25) is 0 Å². The molecule has 7 nitrogen and oxygen atoms in total. The number of halogens is 3. The smallest absolute Gasteiger partial charge is 0.417 e. The van der Waals surface area contributed by atoms with Crippen LogP contribution in [-0.2, 0) is 6.18 Å². The molecule has 148 valence electrons. The Morgan fingerprint density at radius 2 is 1.82 bits per heavy atom. The largest absolute Gasteiger partial charge is 0.497 e. The number of carbonyl (C=O) groups is 2. The Kier molecular flexibility index (Phi) is 6.37. The Morgan fingerprint density at radius 3 is 2.36 bits per heavy atom. The van der Waals surface area contributed by atoms with E-state index in [1.54, 1.807) is 0 Å². The highest BCUT2D eigenvalue weighted by molar-refractivity contribution is 5.97. The maximum atomic E-state index is 13.2. The Morgan fingerprint density at radius 1 is 1.18 bits per heavy atom. The molecule has 0 aliphatic heterocycles. The molecule has 0 aromatic heterocycles. The van der Waals surface area contributed by atoms with Crippen molar-refractivity contribution in [2.45, 2.75) is 6.18 Å². The monoisotopic (exact) mass is 395 g/mol. The third-order valence-corrected chi connectivity index (χ3v) is 3.71. The predicted molar refractivity (Wildman–Crippen MR) is 93.4 cm³/mol. The summed E-state index contributed by atoms with van der Waals surface area (Å²) in [7, 11) is 2.49. The third-order valence-electron chi connectivity index (χ3n) is 3.71. The first-order valence-electron chi connectivity index (χ1n) is 7.79. The van der Waals surface area contributed by atoms with Gasteiger partial charge in [0.05, 0.1) is 24.5 Å². The van der Waals surface area contributed by atoms with Crippen LogP contribution >= 0.6 is 0 Å². The second-order valence-corrected chi connectivity index (χ2v) is 5.55. The van der Waals surface area contributed by atoms with E-state index < -0.39 is 29.1 Å². The zero-order chi connectivity index (χ0) is 20.9. The van der Waals surface area contributed by atoms with E-state index in [4.69, 9.17) is 9.94 Å². The van der Waals surface area contributed by atoms with E-state index in [0.29, 0.717) is 5.56 Å². The molecule has 2 rings (SSSR count). The number of benzene rings is 2. The lowest BCUT2D eigenvalue weighted by Gasteiger charge is -2.16. The number of hydrazone groups is 1. The first-order chi connectivity index (χ1) is 13.2. The van der Waals surface area contributed by atoms with Gasteiger partial charge in [-0.3, -0.25) is 14.8 Å². The molecule has 2 N–H and O–H groups in total. The van der Waals surface area contributed by atoms with E-state index in [2.05, 4.69) is 5.10 Å². The number of carbonyl (C=O) groups excluding carboxylic acids is 2. The fourth-order valence-corrected chi connectivity index (χ4v) is 2.24. The first-order valence-corrected chi connectivity index (χ1v) is 7.79. The van der Waals surface area contributed by atoms with Gasteiger partial charge in [0, 0.05) is 12.6 Å². The molecule has 0 heterocycles. The minimum absolute atomic E-state index is 0.103. The van der Waals surface area contributed by atoms with Crippen LogP contribution < -0.4 is 10.2 Å². The van der Waals surface area contributed by atoms with E-state index in [9.17, 15) is 22.8 Å². The second-order valence-electron chi connectivity index (χ2n) is 5.55. The highest BCUT2D eigenvalue weighted by atomic mass is 19.4. The van der Waals surface area contributed by atoms with E-state index in [1.807, 2.05) is 0 Å². The molecule has 2 amide bonds. The number of ether oxygens (including phenoxy) is 1. The van der Waals surface area contributed by atoms with Gasteiger partial charge in [0.1, 0.15) is 5.75 Å². The van der Waals surface area contributed by atoms with Crippen molar-refractivity contribution >= 4 is 18.0 Å². The summed E-state index contributed by atoms with van der Waals surface area (Å²) in [4.78, 5) is 23.7. The number of nitrogens with one attached hydrogen (secondary N) is 1. The molecule has 0 radical (unpaired) electrons. The zero-order valence-corrected chi connectivity index (χ0v) is 14.8. The van der Waals surface area contributed by atoms with Crippen LogP contribution in [0.3, 0.4) is 0 Å². The third kappa shape index (κ3) is 4.86. The highest BCUT2D eigenvalue weighted by Gasteiger charge is 2.36. The highest BCUT2D eigenvalue weighted by Crippen LogP contribution is 2.34. The lowest BCUT2D eigenvalue weighted by molar-refractivity contribution is -0.138. The standard InChI is InChI=1S/C18H16F3N3O4/c1-24(22-10-11-3-5-12(6-4-11)16(25)23-27)17(26)14-9-13(28-2)7-8-15(14)18(19,20)21/h3-10,27H,1-2H3,(H,23,25)/b22-10+. The molecule has 2 aromatic rings. The minimum atomic E-state index is -4.72. The van der Waals surface area contributed by atoms with Gasteiger partial charge in [-0.2, -0.15) is 18.3 Å². The number of hydroxylamine groups is 1. The minimum Gasteiger partial charge on any atom is -0.497 e. The molecule has 0 fully saturated rings. The normalized spacial score (nSPS) is 11.4. The Labute approximate surface area is 158 Å². The van der Waals surface area contributed by atoms with Crippen LogP contribution in [0.1, 0.15) is 31.8 Å². The summed E-state index contributed by atoms with van der Waals surface area (Å²) in [6.45, 7) is 0. The fourth-order valence-electron chi connectivity index (χ4n) is 2.24. The van der Waals surface area contributed by atoms with Gasteiger partial charge >= 0.3 is 6.18 Å². The average Bonchev–Trinajstić information content (AvgIpc) is 2.69. The number of alkyl halides is 3. The molecular formula is C18H16F3N3O4. The van der Waals surface area contributed by atoms with Crippen molar-refractivity contribution in [3.63, 3.8) is 0 Å². The number of nitrogens with zero attached hydrogens (tertiary/aromatic N) is 2. The molecule has 0 spiro atoms. The van der Waals surface area contributed by atoms with Gasteiger partial charge in [0.15, 0.2) is 0 Å². The Balaban J connectivity index is 2.25. The Hall–Kier alpha value is -3.40. The molecule has 0 saturated heterocycles. The van der Waals surface area contributed by atoms with Crippen molar-refractivity contribution in [3.05, 3.63) is 64.7 Å². The number of methoxy groups -OCH3 is 1. The predicted octanol–water partition coefficient (Wildman–Crippen LogP) is 2.94. The van der Waals surface area contributed by atoms with Crippen LogP contribution in [-0.4, -0.2) is 42.4 Å². The van der Waals surface area contributed by atoms with Crippen LogP contribution in [0.2, 0.25) is 0 Å². The van der Waals surface area contributed by atoms with Crippen molar-refractivity contribution in [2.75, 3.05) is 14.2 Å². The van der Waals surface area contributed by atoms with Crippen LogP contribution in [0.25, 0.3) is 0 Å². The summed E-state index contributed by atoms with van der Waals surface area (Å²) in [6.07, 6.45) is -3.48. The van der Waals surface area contributed by atoms with Gasteiger partial charge in [-0.1, -0.05) is 12.1 Å². The van der Waals surface area contributed by atoms with Gasteiger partial charge < -0.3 is 4.74 Å². The summed E-state index contributed by atoms with van der Waals surface area (Å²) in [5, 5.41) is 13.2. The fraction of sp³-hybridized carbons (Fsp3) is 0.167. The molecular weight excluding hydrogens is 379 g/mol. The van der Waals surface area contributed by atoms with Crippen molar-refractivity contribution in [3.8, 4) is 5.75 Å². The van der Waals surface area contributed by atoms with Crippen LogP contribution in [0, 0.1) is 0 Å². The number of rotatable bonds is 5.